The van der Waals surface area contributed by atoms with Crippen LogP contribution in [0.1, 0.15) is 55.6 Å². The molecular formula is C46H47O21P5. The molecule has 5 heterocycles. The fourth-order valence-electron chi connectivity index (χ4n) is 8.66. The molecule has 1 aliphatic carbocycles. The van der Waals surface area contributed by atoms with Crippen LogP contribution in [0, 0.1) is 0 Å². The van der Waals surface area contributed by atoms with E-state index in [1.54, 1.807) is 121 Å². The first-order chi connectivity index (χ1) is 34.8. The highest BCUT2D eigenvalue weighted by Gasteiger charge is 2.63. The van der Waals surface area contributed by atoms with E-state index in [9.17, 15) is 14.2 Å². The average Bonchev–Trinajstić information content (AvgIpc) is 3.90. The van der Waals surface area contributed by atoms with E-state index in [0.717, 1.165) is 0 Å². The number of fused-ring (bicyclic) bond motifs is 5. The summed E-state index contributed by atoms with van der Waals surface area (Å²) < 4.78 is 165. The van der Waals surface area contributed by atoms with Crippen LogP contribution in [-0.2, 0) is 157 Å². The Balaban J connectivity index is 1.03. The summed E-state index contributed by atoms with van der Waals surface area (Å²) in [7, 11) is -24.7. The molecule has 0 radical (unpaired) electrons. The molecular weight excluding hydrogens is 1040 g/mol. The molecule has 5 aliphatic heterocycles. The molecule has 0 bridgehead atoms. The van der Waals surface area contributed by atoms with Crippen molar-refractivity contribution in [1.29, 1.82) is 0 Å². The van der Waals surface area contributed by atoms with Crippen molar-refractivity contribution in [3.8, 4) is 0 Å². The molecule has 0 amide bonds. The Morgan fingerprint density at radius 2 is 0.417 bits per heavy atom. The second-order valence-corrected chi connectivity index (χ2v) is 25.3. The van der Waals surface area contributed by atoms with Gasteiger partial charge in [-0.05, 0) is 55.6 Å². The monoisotopic (exact) mass is 1090 g/mol. The van der Waals surface area contributed by atoms with Crippen molar-refractivity contribution < 1.29 is 95.8 Å². The van der Waals surface area contributed by atoms with Gasteiger partial charge in [-0.2, -0.15) is 0 Å². The van der Waals surface area contributed by atoms with E-state index in [-0.39, 0.29) is 66.1 Å². The molecule has 1 fully saturated rings. The van der Waals surface area contributed by atoms with Gasteiger partial charge in [0, 0.05) is 0 Å². The molecule has 382 valence electrons. The predicted molar refractivity (Wildman–Crippen MR) is 249 cm³/mol. The second-order valence-electron chi connectivity index (χ2n) is 17.2. The number of phosphoric ester groups is 5. The van der Waals surface area contributed by atoms with Crippen LogP contribution in [0.5, 0.6) is 0 Å². The first-order valence-corrected chi connectivity index (χ1v) is 30.0. The molecule has 72 heavy (non-hydrogen) atoms. The molecule has 2 unspecified atom stereocenters. The zero-order chi connectivity index (χ0) is 49.6. The Labute approximate surface area is 413 Å². The van der Waals surface area contributed by atoms with Crippen LogP contribution in [-0.4, -0.2) is 41.7 Å². The van der Waals surface area contributed by atoms with Crippen LogP contribution in [0.3, 0.4) is 0 Å². The maximum Gasteiger partial charge on any atom is 0.475 e. The smallest absolute Gasteiger partial charge is 0.387 e. The molecule has 5 aromatic carbocycles. The molecule has 11 rings (SSSR count). The van der Waals surface area contributed by atoms with Crippen LogP contribution < -0.4 is 0 Å². The average molecular weight is 1090 g/mol. The van der Waals surface area contributed by atoms with E-state index >= 15 is 13.7 Å². The zero-order valence-corrected chi connectivity index (χ0v) is 42.4. The zero-order valence-electron chi connectivity index (χ0n) is 37.9. The third-order valence-corrected chi connectivity index (χ3v) is 19.6. The van der Waals surface area contributed by atoms with Crippen LogP contribution >= 0.6 is 39.1 Å². The van der Waals surface area contributed by atoms with Crippen molar-refractivity contribution in [2.45, 2.75) is 103 Å². The topological polar surface area (TPSA) is 244 Å². The van der Waals surface area contributed by atoms with Gasteiger partial charge >= 0.3 is 39.1 Å². The van der Waals surface area contributed by atoms with Gasteiger partial charge in [0.1, 0.15) is 36.6 Å². The van der Waals surface area contributed by atoms with Crippen molar-refractivity contribution >= 4 is 39.1 Å². The van der Waals surface area contributed by atoms with Gasteiger partial charge in [0.25, 0.3) is 0 Å². The molecule has 1 saturated carbocycles. The summed E-state index contributed by atoms with van der Waals surface area (Å²) in [5.41, 5.74) is 5.88. The standard InChI is InChI=1S/C46H47O21P5/c47-41-42(63-68(48)53-21-31-11-1-2-12-32(31)22-54-68)44(65-70(50)57-25-35-15-5-6-16-36(35)26-58-70)46(67-72(52)61-29-39-19-9-10-20-40(39)30-62-72)45(66-71(51)59-27-37-17-7-8-18-38(37)28-60-71)43(41)64-69(49)55-23-33-13-3-4-14-34(33)24-56-69/h1-20,41-47H,21-30H2/t41?,42-,43+,44-,45-,46?/m1/s1. The highest BCUT2D eigenvalue weighted by atomic mass is 31.2. The predicted octanol–water partition coefficient (Wildman–Crippen LogP) is 10.6. The van der Waals surface area contributed by atoms with Crippen molar-refractivity contribution in [2.75, 3.05) is 0 Å². The Hall–Kier alpha value is -3.39. The summed E-state index contributed by atoms with van der Waals surface area (Å²) in [6.07, 6.45) is -13.6. The van der Waals surface area contributed by atoms with Crippen molar-refractivity contribution in [3.63, 3.8) is 0 Å². The highest BCUT2D eigenvalue weighted by Crippen LogP contribution is 2.65. The number of phosphoric acid groups is 5. The quantitative estimate of drug-likeness (QED) is 0.128. The van der Waals surface area contributed by atoms with Gasteiger partial charge in [-0.25, -0.2) is 22.8 Å². The second kappa shape index (κ2) is 21.0. The summed E-state index contributed by atoms with van der Waals surface area (Å²) in [5.74, 6) is 0. The maximum atomic E-state index is 15.2. The Morgan fingerprint density at radius 1 is 0.278 bits per heavy atom. The fourth-order valence-corrected chi connectivity index (χ4v) is 15.3. The molecule has 5 aromatic rings. The van der Waals surface area contributed by atoms with Gasteiger partial charge in [0.2, 0.25) is 0 Å². The minimum Gasteiger partial charge on any atom is -0.387 e. The van der Waals surface area contributed by atoms with Crippen LogP contribution in [0.25, 0.3) is 0 Å². The minimum absolute atomic E-state index is 0.314. The fraction of sp³-hybridized carbons (Fsp3) is 0.348. The summed E-state index contributed by atoms with van der Waals surface area (Å²) in [5, 5.41) is 12.9. The molecule has 26 heteroatoms. The Morgan fingerprint density at radius 3 is 0.583 bits per heavy atom. The Kier molecular flexibility index (Phi) is 14.8. The lowest BCUT2D eigenvalue weighted by Gasteiger charge is -2.48. The van der Waals surface area contributed by atoms with Gasteiger partial charge in [0.15, 0.2) is 0 Å². The van der Waals surface area contributed by atoms with Crippen LogP contribution in [0.4, 0.5) is 0 Å². The number of aliphatic hydroxyl groups excluding tert-OH is 1. The summed E-state index contributed by atoms with van der Waals surface area (Å²) >= 11 is 0. The van der Waals surface area contributed by atoms with E-state index in [0.29, 0.717) is 55.6 Å². The van der Waals surface area contributed by atoms with Gasteiger partial charge in [0.05, 0.1) is 66.1 Å². The summed E-state index contributed by atoms with van der Waals surface area (Å²) in [6, 6.07) is 34.6. The molecule has 0 saturated heterocycles. The van der Waals surface area contributed by atoms with E-state index in [4.69, 9.17) is 67.9 Å². The summed E-state index contributed by atoms with van der Waals surface area (Å²) in [4.78, 5) is 0. The molecule has 0 aromatic heterocycles. The van der Waals surface area contributed by atoms with E-state index in [1.807, 2.05) is 0 Å². The lowest BCUT2D eigenvalue weighted by atomic mass is 9.85. The van der Waals surface area contributed by atoms with Crippen LogP contribution in [0.15, 0.2) is 121 Å². The van der Waals surface area contributed by atoms with Crippen molar-refractivity contribution in [3.05, 3.63) is 177 Å². The van der Waals surface area contributed by atoms with Gasteiger partial charge in [-0.1, -0.05) is 121 Å². The number of aliphatic hydroxyl groups is 1. The lowest BCUT2D eigenvalue weighted by Crippen LogP contribution is -2.66. The molecule has 21 nitrogen and oxygen atoms in total. The van der Waals surface area contributed by atoms with E-state index < -0.39 is 75.7 Å². The molecule has 0 spiro atoms. The molecule has 6 aliphatic rings. The SMILES string of the molecule is O=P1(OC2[C@H](OP3(=O)OCc4ccccc4CO3)[C@H](OP3(=O)OCc4ccccc4CO3)C(O)[C@H](OP3(=O)OCc4ccccc4CO3)[C@H]2OP2(=O)OCc3ccccc3CO2)OCc2ccccc2CO1. The first kappa shape index (κ1) is 50.8. The lowest BCUT2D eigenvalue weighted by molar-refractivity contribution is -0.211. The third-order valence-electron chi connectivity index (χ3n) is 12.6. The van der Waals surface area contributed by atoms with E-state index in [1.165, 1.54) is 0 Å². The van der Waals surface area contributed by atoms with E-state index in [2.05, 4.69) is 0 Å². The normalized spacial score (nSPS) is 28.1. The largest absolute Gasteiger partial charge is 0.475 e. The third kappa shape index (κ3) is 11.1. The maximum absolute atomic E-state index is 15.2. The van der Waals surface area contributed by atoms with Crippen molar-refractivity contribution in [2.24, 2.45) is 0 Å². The first-order valence-electron chi connectivity index (χ1n) is 22.6. The minimum atomic E-state index is -4.99. The molecule has 1 N–H and O–H groups in total. The number of benzene rings is 5. The number of hydrogen-bond acceptors (Lipinski definition) is 21. The Bertz CT molecular complexity index is 2750. The van der Waals surface area contributed by atoms with Gasteiger partial charge in [-0.15, -0.1) is 0 Å². The van der Waals surface area contributed by atoms with Crippen LogP contribution in [0.2, 0.25) is 0 Å². The van der Waals surface area contributed by atoms with Gasteiger partial charge in [-0.3, -0.25) is 67.9 Å². The number of hydrogen-bond donors (Lipinski definition) is 1. The highest BCUT2D eigenvalue weighted by molar-refractivity contribution is 7.49. The summed E-state index contributed by atoms with van der Waals surface area (Å²) in [6.45, 7) is -3.22. The van der Waals surface area contributed by atoms with Gasteiger partial charge < -0.3 is 5.11 Å². The van der Waals surface area contributed by atoms with Crippen molar-refractivity contribution in [1.82, 2.24) is 0 Å². The number of rotatable bonds is 10. The molecule has 6 atom stereocenters.